The van der Waals surface area contributed by atoms with Gasteiger partial charge in [-0.2, -0.15) is 0 Å². The summed E-state index contributed by atoms with van der Waals surface area (Å²) in [5, 5.41) is 5.67. The van der Waals surface area contributed by atoms with E-state index < -0.39 is 0 Å². The lowest BCUT2D eigenvalue weighted by atomic mass is 10.2. The maximum absolute atomic E-state index is 12.7. The SMILES string of the molecule is COc1cc(OC)c(NCC(=O)N2CCC[C@H]2c2cccs2)cc1Cl. The molecule has 0 saturated carbocycles. The van der Waals surface area contributed by atoms with Crippen molar-refractivity contribution in [3.63, 3.8) is 0 Å². The van der Waals surface area contributed by atoms with Crippen molar-refractivity contribution in [2.75, 3.05) is 32.6 Å². The smallest absolute Gasteiger partial charge is 0.242 e. The highest BCUT2D eigenvalue weighted by Crippen LogP contribution is 2.37. The van der Waals surface area contributed by atoms with E-state index >= 15 is 0 Å². The number of ether oxygens (including phenoxy) is 2. The van der Waals surface area contributed by atoms with Gasteiger partial charge in [-0.1, -0.05) is 17.7 Å². The zero-order valence-electron chi connectivity index (χ0n) is 14.3. The molecule has 1 amide bonds. The van der Waals surface area contributed by atoms with E-state index in [9.17, 15) is 4.79 Å². The Hall–Kier alpha value is -1.92. The molecule has 3 rings (SSSR count). The number of nitrogens with one attached hydrogen (secondary N) is 1. The quantitative estimate of drug-likeness (QED) is 0.816. The van der Waals surface area contributed by atoms with Gasteiger partial charge in [0.1, 0.15) is 11.5 Å². The molecular formula is C18H21ClN2O3S. The molecule has 1 aliphatic heterocycles. The number of rotatable bonds is 6. The van der Waals surface area contributed by atoms with Crippen LogP contribution in [0.5, 0.6) is 11.5 Å². The topological polar surface area (TPSA) is 50.8 Å². The molecule has 1 N–H and O–H groups in total. The number of nitrogens with zero attached hydrogens (tertiary/aromatic N) is 1. The van der Waals surface area contributed by atoms with Crippen molar-refractivity contribution in [3.8, 4) is 11.5 Å². The standard InChI is InChI=1S/C18H21ClN2O3S/c1-23-15-10-16(24-2)13(9-12(15)19)20-11-18(22)21-7-3-5-14(21)17-6-4-8-25-17/h4,6,8-10,14,20H,3,5,7,11H2,1-2H3/t14-/m0/s1. The van der Waals surface area contributed by atoms with Gasteiger partial charge in [0, 0.05) is 17.5 Å². The fraction of sp³-hybridized carbons (Fsp3) is 0.389. The van der Waals surface area contributed by atoms with E-state index in [2.05, 4.69) is 16.8 Å². The molecule has 1 aliphatic rings. The van der Waals surface area contributed by atoms with Gasteiger partial charge >= 0.3 is 0 Å². The number of carbonyl (C=O) groups excluding carboxylic acids is 1. The number of amides is 1. The molecule has 0 radical (unpaired) electrons. The number of hydrogen-bond acceptors (Lipinski definition) is 5. The van der Waals surface area contributed by atoms with Crippen LogP contribution in [-0.2, 0) is 4.79 Å². The molecule has 0 unspecified atom stereocenters. The maximum atomic E-state index is 12.7. The second kappa shape index (κ2) is 7.97. The highest BCUT2D eigenvalue weighted by Gasteiger charge is 2.30. The monoisotopic (exact) mass is 380 g/mol. The van der Waals surface area contributed by atoms with Gasteiger partial charge in [0.15, 0.2) is 0 Å². The van der Waals surface area contributed by atoms with E-state index in [0.29, 0.717) is 22.2 Å². The number of anilines is 1. The van der Waals surface area contributed by atoms with Crippen molar-refractivity contribution in [3.05, 3.63) is 39.5 Å². The van der Waals surface area contributed by atoms with Crippen molar-refractivity contribution in [2.24, 2.45) is 0 Å². The first-order valence-corrected chi connectivity index (χ1v) is 9.38. The van der Waals surface area contributed by atoms with Crippen molar-refractivity contribution in [1.29, 1.82) is 0 Å². The number of benzene rings is 1. The van der Waals surface area contributed by atoms with Crippen LogP contribution in [0.1, 0.15) is 23.8 Å². The van der Waals surface area contributed by atoms with Crippen molar-refractivity contribution in [2.45, 2.75) is 18.9 Å². The Labute approximate surface area is 156 Å². The number of likely N-dealkylation sites (tertiary alicyclic amines) is 1. The fourth-order valence-corrected chi connectivity index (χ4v) is 4.23. The lowest BCUT2D eigenvalue weighted by Crippen LogP contribution is -2.34. The van der Waals surface area contributed by atoms with Crippen LogP contribution in [0, 0.1) is 0 Å². The molecule has 1 saturated heterocycles. The van der Waals surface area contributed by atoms with Crippen LogP contribution < -0.4 is 14.8 Å². The van der Waals surface area contributed by atoms with Crippen LogP contribution in [-0.4, -0.2) is 38.1 Å². The predicted molar refractivity (Wildman–Crippen MR) is 101 cm³/mol. The lowest BCUT2D eigenvalue weighted by Gasteiger charge is -2.24. The number of carbonyl (C=O) groups is 1. The maximum Gasteiger partial charge on any atom is 0.242 e. The second-order valence-electron chi connectivity index (χ2n) is 5.80. The summed E-state index contributed by atoms with van der Waals surface area (Å²) in [5.74, 6) is 1.20. The Morgan fingerprint density at radius 3 is 2.84 bits per heavy atom. The highest BCUT2D eigenvalue weighted by molar-refractivity contribution is 7.10. The Kier molecular flexibility index (Phi) is 5.71. The van der Waals surface area contributed by atoms with Crippen molar-refractivity contribution in [1.82, 2.24) is 4.90 Å². The van der Waals surface area contributed by atoms with Crippen molar-refractivity contribution < 1.29 is 14.3 Å². The van der Waals surface area contributed by atoms with E-state index in [4.69, 9.17) is 21.1 Å². The average Bonchev–Trinajstić information content (AvgIpc) is 3.30. The summed E-state index contributed by atoms with van der Waals surface area (Å²) >= 11 is 7.88. The molecule has 5 nitrogen and oxygen atoms in total. The molecule has 1 fully saturated rings. The van der Waals surface area contributed by atoms with Gasteiger partial charge in [-0.05, 0) is 30.4 Å². The minimum Gasteiger partial charge on any atom is -0.495 e. The van der Waals surface area contributed by atoms with Crippen LogP contribution in [0.25, 0.3) is 0 Å². The van der Waals surface area contributed by atoms with Gasteiger partial charge < -0.3 is 19.7 Å². The van der Waals surface area contributed by atoms with Gasteiger partial charge in [-0.3, -0.25) is 4.79 Å². The van der Waals surface area contributed by atoms with Crippen LogP contribution in [0.2, 0.25) is 5.02 Å². The van der Waals surface area contributed by atoms with Gasteiger partial charge in [-0.15, -0.1) is 11.3 Å². The normalized spacial score (nSPS) is 16.8. The average molecular weight is 381 g/mol. The largest absolute Gasteiger partial charge is 0.495 e. The molecular weight excluding hydrogens is 360 g/mol. The molecule has 7 heteroatoms. The van der Waals surface area contributed by atoms with E-state index in [-0.39, 0.29) is 18.5 Å². The summed E-state index contributed by atoms with van der Waals surface area (Å²) in [6, 6.07) is 7.74. The Morgan fingerprint density at radius 1 is 1.36 bits per heavy atom. The third-order valence-corrected chi connectivity index (χ3v) is 5.62. The van der Waals surface area contributed by atoms with E-state index in [0.717, 1.165) is 19.4 Å². The molecule has 1 aromatic carbocycles. The summed E-state index contributed by atoms with van der Waals surface area (Å²) in [6.07, 6.45) is 2.05. The minimum atomic E-state index is 0.0740. The molecule has 2 heterocycles. The molecule has 25 heavy (non-hydrogen) atoms. The van der Waals surface area contributed by atoms with Crippen LogP contribution in [0.15, 0.2) is 29.6 Å². The third kappa shape index (κ3) is 3.85. The minimum absolute atomic E-state index is 0.0740. The Balaban J connectivity index is 1.69. The van der Waals surface area contributed by atoms with Gasteiger partial charge in [0.2, 0.25) is 5.91 Å². The van der Waals surface area contributed by atoms with Gasteiger partial charge in [0.25, 0.3) is 0 Å². The summed E-state index contributed by atoms with van der Waals surface area (Å²) < 4.78 is 10.5. The van der Waals surface area contributed by atoms with Crippen LogP contribution in [0.3, 0.4) is 0 Å². The second-order valence-corrected chi connectivity index (χ2v) is 7.19. The van der Waals surface area contributed by atoms with Crippen LogP contribution >= 0.6 is 22.9 Å². The van der Waals surface area contributed by atoms with Gasteiger partial charge in [-0.25, -0.2) is 0 Å². The number of methoxy groups -OCH3 is 2. The first-order chi connectivity index (χ1) is 12.1. The zero-order valence-corrected chi connectivity index (χ0v) is 15.8. The summed E-state index contributed by atoms with van der Waals surface area (Å²) in [6.45, 7) is 0.991. The highest BCUT2D eigenvalue weighted by atomic mass is 35.5. The first-order valence-electron chi connectivity index (χ1n) is 8.12. The molecule has 1 aromatic heterocycles. The van der Waals surface area contributed by atoms with E-state index in [1.165, 1.54) is 4.88 Å². The van der Waals surface area contributed by atoms with E-state index in [1.54, 1.807) is 37.7 Å². The fourth-order valence-electron chi connectivity index (χ4n) is 3.11. The number of thiophene rings is 1. The number of hydrogen-bond donors (Lipinski definition) is 1. The van der Waals surface area contributed by atoms with Gasteiger partial charge in [0.05, 0.1) is 37.5 Å². The molecule has 2 aromatic rings. The zero-order chi connectivity index (χ0) is 17.8. The first kappa shape index (κ1) is 17.9. The molecule has 0 spiro atoms. The Morgan fingerprint density at radius 2 is 2.16 bits per heavy atom. The number of halogens is 1. The Bertz CT molecular complexity index is 736. The summed E-state index contributed by atoms with van der Waals surface area (Å²) in [7, 11) is 3.12. The summed E-state index contributed by atoms with van der Waals surface area (Å²) in [5.41, 5.74) is 0.675. The van der Waals surface area contributed by atoms with E-state index in [1.807, 2.05) is 11.0 Å². The van der Waals surface area contributed by atoms with Crippen molar-refractivity contribution >= 4 is 34.5 Å². The third-order valence-electron chi connectivity index (χ3n) is 4.35. The lowest BCUT2D eigenvalue weighted by molar-refractivity contribution is -0.130. The molecule has 1 atom stereocenters. The molecule has 0 bridgehead atoms. The van der Waals surface area contributed by atoms with Crippen LogP contribution in [0.4, 0.5) is 5.69 Å². The molecule has 0 aliphatic carbocycles. The summed E-state index contributed by atoms with van der Waals surface area (Å²) in [4.78, 5) is 15.9. The predicted octanol–water partition coefficient (Wildman–Crippen LogP) is 4.19. The molecule has 134 valence electrons.